The number of pyridine rings is 1. The van der Waals surface area contributed by atoms with E-state index in [1.807, 2.05) is 72.1 Å². The van der Waals surface area contributed by atoms with Crippen molar-refractivity contribution in [2.24, 2.45) is 0 Å². The monoisotopic (exact) mass is 402 g/mol. The van der Waals surface area contributed by atoms with Gasteiger partial charge in [-0.25, -0.2) is 9.55 Å². The van der Waals surface area contributed by atoms with Crippen LogP contribution in [-0.2, 0) is 6.54 Å². The van der Waals surface area contributed by atoms with Gasteiger partial charge in [0.25, 0.3) is 5.56 Å². The van der Waals surface area contributed by atoms with Gasteiger partial charge in [0.2, 0.25) is 0 Å². The fraction of sp³-hybridized carbons (Fsp3) is 0.0870. The van der Waals surface area contributed by atoms with Crippen LogP contribution in [0.1, 0.15) is 11.3 Å². The fourth-order valence-electron chi connectivity index (χ4n) is 3.73. The SMILES string of the molecule is Cc1nc(-c2ccc[n+](Cc3ccccc3)c2)n2c1c(=O)[nH]c1ccccc12.[Cl-]. The van der Waals surface area contributed by atoms with Gasteiger partial charge in [0.15, 0.2) is 24.8 Å². The molecule has 2 aromatic carbocycles. The van der Waals surface area contributed by atoms with Crippen LogP contribution in [0.5, 0.6) is 0 Å². The lowest BCUT2D eigenvalue weighted by Gasteiger charge is -2.06. The molecule has 0 bridgehead atoms. The third-order valence-corrected chi connectivity index (χ3v) is 4.98. The summed E-state index contributed by atoms with van der Waals surface area (Å²) in [5.41, 5.74) is 5.13. The molecule has 0 saturated carbocycles. The highest BCUT2D eigenvalue weighted by molar-refractivity contribution is 5.81. The number of nitrogens with one attached hydrogen (secondary N) is 1. The lowest BCUT2D eigenvalue weighted by atomic mass is 10.2. The zero-order chi connectivity index (χ0) is 19.1. The van der Waals surface area contributed by atoms with Crippen molar-refractivity contribution >= 4 is 16.6 Å². The molecule has 0 atom stereocenters. The number of aromatic nitrogens is 4. The summed E-state index contributed by atoms with van der Waals surface area (Å²) in [4.78, 5) is 20.4. The van der Waals surface area contributed by atoms with Crippen molar-refractivity contribution in [3.05, 3.63) is 101 Å². The molecule has 0 spiro atoms. The summed E-state index contributed by atoms with van der Waals surface area (Å²) in [5, 5.41) is 0. The number of benzene rings is 2. The number of halogens is 1. The lowest BCUT2D eigenvalue weighted by Crippen LogP contribution is -3.00. The largest absolute Gasteiger partial charge is 1.00 e. The van der Waals surface area contributed by atoms with E-state index in [-0.39, 0.29) is 18.0 Å². The Morgan fingerprint density at radius 1 is 1.00 bits per heavy atom. The minimum atomic E-state index is -0.122. The number of para-hydroxylation sites is 2. The molecule has 5 rings (SSSR count). The fourth-order valence-corrected chi connectivity index (χ4v) is 3.73. The molecule has 0 aliphatic rings. The van der Waals surface area contributed by atoms with Crippen LogP contribution in [0.4, 0.5) is 0 Å². The van der Waals surface area contributed by atoms with Gasteiger partial charge in [-0.15, -0.1) is 0 Å². The van der Waals surface area contributed by atoms with Gasteiger partial charge in [-0.05, 0) is 25.1 Å². The van der Waals surface area contributed by atoms with Gasteiger partial charge in [0.05, 0.1) is 22.3 Å². The first-order chi connectivity index (χ1) is 13.7. The predicted molar refractivity (Wildman–Crippen MR) is 109 cm³/mol. The van der Waals surface area contributed by atoms with Crippen LogP contribution in [0.15, 0.2) is 83.9 Å². The maximum absolute atomic E-state index is 12.6. The van der Waals surface area contributed by atoms with Crippen molar-refractivity contribution in [2.75, 3.05) is 0 Å². The van der Waals surface area contributed by atoms with Crippen molar-refractivity contribution in [3.63, 3.8) is 0 Å². The number of rotatable bonds is 3. The van der Waals surface area contributed by atoms with Gasteiger partial charge >= 0.3 is 0 Å². The van der Waals surface area contributed by atoms with Crippen LogP contribution in [0.25, 0.3) is 27.9 Å². The summed E-state index contributed by atoms with van der Waals surface area (Å²) in [5.74, 6) is 0.775. The molecule has 0 aliphatic carbocycles. The Balaban J connectivity index is 0.00000205. The van der Waals surface area contributed by atoms with Crippen molar-refractivity contribution < 1.29 is 17.0 Å². The number of aromatic amines is 1. The molecule has 5 aromatic rings. The summed E-state index contributed by atoms with van der Waals surface area (Å²) in [6, 6.07) is 22.2. The Labute approximate surface area is 173 Å². The van der Waals surface area contributed by atoms with E-state index < -0.39 is 0 Å². The third kappa shape index (κ3) is 3.30. The van der Waals surface area contributed by atoms with Crippen LogP contribution in [-0.4, -0.2) is 14.4 Å². The summed E-state index contributed by atoms with van der Waals surface area (Å²) in [7, 11) is 0. The van der Waals surface area contributed by atoms with Crippen molar-refractivity contribution in [3.8, 4) is 11.4 Å². The van der Waals surface area contributed by atoms with Crippen LogP contribution < -0.4 is 22.5 Å². The Bertz CT molecular complexity index is 1370. The van der Waals surface area contributed by atoms with Gasteiger partial charge in [-0.1, -0.05) is 42.5 Å². The number of imidazole rings is 1. The normalized spacial score (nSPS) is 10.9. The minimum absolute atomic E-state index is 0. The highest BCUT2D eigenvalue weighted by atomic mass is 35.5. The third-order valence-electron chi connectivity index (χ3n) is 4.98. The molecule has 0 radical (unpaired) electrons. The first kappa shape index (κ1) is 18.9. The molecule has 3 aromatic heterocycles. The standard InChI is InChI=1S/C23H18N4O.ClH/c1-16-21-23(28)25-19-11-5-6-12-20(19)27(21)22(24-16)18-10-7-13-26(15-18)14-17-8-3-2-4-9-17;/h2-13,15H,14H2,1H3;1H. The van der Waals surface area contributed by atoms with Gasteiger partial charge in [0, 0.05) is 11.6 Å². The topological polar surface area (TPSA) is 54.0 Å². The van der Waals surface area contributed by atoms with Crippen molar-refractivity contribution in [1.29, 1.82) is 0 Å². The zero-order valence-electron chi connectivity index (χ0n) is 15.8. The van der Waals surface area contributed by atoms with E-state index >= 15 is 0 Å². The average Bonchev–Trinajstić information content (AvgIpc) is 3.07. The molecule has 0 fully saturated rings. The molecule has 0 aliphatic heterocycles. The van der Waals surface area contributed by atoms with Crippen molar-refractivity contribution in [1.82, 2.24) is 14.4 Å². The molecular weight excluding hydrogens is 384 g/mol. The zero-order valence-corrected chi connectivity index (χ0v) is 16.6. The Hall–Kier alpha value is -3.44. The summed E-state index contributed by atoms with van der Waals surface area (Å²) in [6.07, 6.45) is 4.13. The van der Waals surface area contributed by atoms with Gasteiger partial charge < -0.3 is 17.4 Å². The van der Waals surface area contributed by atoms with E-state index in [4.69, 9.17) is 4.98 Å². The molecular formula is C23H19ClN4O. The Morgan fingerprint density at radius 2 is 1.76 bits per heavy atom. The highest BCUT2D eigenvalue weighted by Crippen LogP contribution is 2.23. The Morgan fingerprint density at radius 3 is 2.59 bits per heavy atom. The van der Waals surface area contributed by atoms with Crippen LogP contribution in [0.3, 0.4) is 0 Å². The number of hydrogen-bond acceptors (Lipinski definition) is 2. The van der Waals surface area contributed by atoms with E-state index in [1.165, 1.54) is 5.56 Å². The maximum atomic E-state index is 12.6. The molecule has 5 nitrogen and oxygen atoms in total. The van der Waals surface area contributed by atoms with Gasteiger partial charge in [-0.3, -0.25) is 9.20 Å². The molecule has 0 unspecified atom stereocenters. The number of nitrogens with zero attached hydrogens (tertiary/aromatic N) is 3. The summed E-state index contributed by atoms with van der Waals surface area (Å²) in [6.45, 7) is 2.65. The van der Waals surface area contributed by atoms with E-state index in [0.717, 1.165) is 34.7 Å². The maximum Gasteiger partial charge on any atom is 0.274 e. The summed E-state index contributed by atoms with van der Waals surface area (Å²) < 4.78 is 4.10. The van der Waals surface area contributed by atoms with E-state index in [2.05, 4.69) is 27.9 Å². The quantitative estimate of drug-likeness (QED) is 0.447. The van der Waals surface area contributed by atoms with Crippen LogP contribution >= 0.6 is 0 Å². The molecule has 29 heavy (non-hydrogen) atoms. The second-order valence-corrected chi connectivity index (χ2v) is 6.93. The smallest absolute Gasteiger partial charge is 0.274 e. The molecule has 0 amide bonds. The van der Waals surface area contributed by atoms with Crippen LogP contribution in [0, 0.1) is 6.92 Å². The van der Waals surface area contributed by atoms with E-state index in [0.29, 0.717) is 5.52 Å². The predicted octanol–water partition coefficient (Wildman–Crippen LogP) is 0.491. The van der Waals surface area contributed by atoms with Gasteiger partial charge in [0.1, 0.15) is 5.52 Å². The number of hydrogen-bond donors (Lipinski definition) is 1. The molecule has 6 heteroatoms. The average molecular weight is 403 g/mol. The minimum Gasteiger partial charge on any atom is -1.00 e. The number of aryl methyl sites for hydroxylation is 1. The molecule has 0 saturated heterocycles. The second-order valence-electron chi connectivity index (χ2n) is 6.93. The van der Waals surface area contributed by atoms with E-state index in [9.17, 15) is 4.79 Å². The molecule has 3 heterocycles. The second kappa shape index (κ2) is 7.53. The molecule has 1 N–H and O–H groups in total. The van der Waals surface area contributed by atoms with Crippen LogP contribution in [0.2, 0.25) is 0 Å². The van der Waals surface area contributed by atoms with Crippen molar-refractivity contribution in [2.45, 2.75) is 13.5 Å². The van der Waals surface area contributed by atoms with Gasteiger partial charge in [-0.2, -0.15) is 0 Å². The molecule has 144 valence electrons. The lowest BCUT2D eigenvalue weighted by molar-refractivity contribution is -0.687. The first-order valence-corrected chi connectivity index (χ1v) is 9.24. The Kier molecular flexibility index (Phi) is 4.91. The first-order valence-electron chi connectivity index (χ1n) is 9.24. The summed E-state index contributed by atoms with van der Waals surface area (Å²) >= 11 is 0. The number of fused-ring (bicyclic) bond motifs is 3. The highest BCUT2D eigenvalue weighted by Gasteiger charge is 2.18. The van der Waals surface area contributed by atoms with E-state index in [1.54, 1.807) is 0 Å². The number of H-pyrrole nitrogens is 1.